The van der Waals surface area contributed by atoms with Gasteiger partial charge < -0.3 is 14.5 Å². The van der Waals surface area contributed by atoms with Gasteiger partial charge in [0.25, 0.3) is 0 Å². The van der Waals surface area contributed by atoms with E-state index in [0.717, 1.165) is 28.8 Å². The van der Waals surface area contributed by atoms with Crippen LogP contribution < -0.4 is 10.1 Å². The maximum Gasteiger partial charge on any atom is 0.220 e. The van der Waals surface area contributed by atoms with Gasteiger partial charge in [0.05, 0.1) is 7.11 Å². The molecule has 0 bridgehead atoms. The van der Waals surface area contributed by atoms with Crippen LogP contribution in [0.2, 0.25) is 0 Å². The van der Waals surface area contributed by atoms with Crippen molar-refractivity contribution >= 4 is 5.91 Å². The highest BCUT2D eigenvalue weighted by molar-refractivity contribution is 5.76. The van der Waals surface area contributed by atoms with Crippen LogP contribution in [0, 0.1) is 5.92 Å². The molecule has 1 amide bonds. The van der Waals surface area contributed by atoms with Crippen LogP contribution in [-0.4, -0.2) is 13.0 Å². The van der Waals surface area contributed by atoms with E-state index in [4.69, 9.17) is 9.15 Å². The highest BCUT2D eigenvalue weighted by Gasteiger charge is 2.36. The summed E-state index contributed by atoms with van der Waals surface area (Å²) in [6.45, 7) is 2.77. The van der Waals surface area contributed by atoms with Crippen molar-refractivity contribution in [2.45, 2.75) is 38.6 Å². The van der Waals surface area contributed by atoms with Crippen LogP contribution in [0.4, 0.5) is 0 Å². The van der Waals surface area contributed by atoms with Crippen molar-refractivity contribution in [3.8, 4) is 5.75 Å². The Kier molecular flexibility index (Phi) is 4.70. The summed E-state index contributed by atoms with van der Waals surface area (Å²) in [6, 6.07) is 11.7. The Bertz CT molecular complexity index is 660. The van der Waals surface area contributed by atoms with Gasteiger partial charge >= 0.3 is 0 Å². The molecular weight excluding hydrogens is 290 g/mol. The molecule has 1 N–H and O–H groups in total. The first kappa shape index (κ1) is 15.7. The van der Waals surface area contributed by atoms with Gasteiger partial charge in [0.2, 0.25) is 5.91 Å². The SMILES string of the molecule is COc1ccc(CNC(=O)CCc2ccc([C@H]3C[C@H]3C)o2)cc1. The molecule has 1 aliphatic carbocycles. The molecule has 2 aromatic rings. The molecular formula is C19H23NO3. The molecule has 1 aromatic carbocycles. The van der Waals surface area contributed by atoms with Crippen molar-refractivity contribution in [2.24, 2.45) is 5.92 Å². The molecule has 0 unspecified atom stereocenters. The van der Waals surface area contributed by atoms with Gasteiger partial charge in [-0.05, 0) is 42.2 Å². The number of methoxy groups -OCH3 is 1. The van der Waals surface area contributed by atoms with Gasteiger partial charge in [0.1, 0.15) is 17.3 Å². The number of amides is 1. The summed E-state index contributed by atoms with van der Waals surface area (Å²) in [4.78, 5) is 11.9. The molecule has 1 aromatic heterocycles. The highest BCUT2D eigenvalue weighted by atomic mass is 16.5. The van der Waals surface area contributed by atoms with Gasteiger partial charge in [-0.2, -0.15) is 0 Å². The van der Waals surface area contributed by atoms with Crippen LogP contribution in [0.1, 0.15) is 42.8 Å². The van der Waals surface area contributed by atoms with Crippen LogP contribution >= 0.6 is 0 Å². The number of rotatable bonds is 7. The first-order valence-corrected chi connectivity index (χ1v) is 8.14. The molecule has 1 heterocycles. The molecule has 1 saturated carbocycles. The normalized spacial score (nSPS) is 19.4. The molecule has 122 valence electrons. The minimum atomic E-state index is 0.0403. The number of hydrogen-bond acceptors (Lipinski definition) is 3. The second-order valence-electron chi connectivity index (χ2n) is 6.25. The zero-order chi connectivity index (χ0) is 16.2. The van der Waals surface area contributed by atoms with Crippen molar-refractivity contribution in [1.82, 2.24) is 5.32 Å². The predicted molar refractivity (Wildman–Crippen MR) is 88.4 cm³/mol. The van der Waals surface area contributed by atoms with Crippen molar-refractivity contribution in [3.05, 3.63) is 53.5 Å². The molecule has 4 nitrogen and oxygen atoms in total. The van der Waals surface area contributed by atoms with E-state index in [1.54, 1.807) is 7.11 Å². The Morgan fingerprint density at radius 3 is 2.65 bits per heavy atom. The van der Waals surface area contributed by atoms with Gasteiger partial charge in [-0.15, -0.1) is 0 Å². The molecule has 0 saturated heterocycles. The maximum absolute atomic E-state index is 11.9. The Morgan fingerprint density at radius 2 is 2.00 bits per heavy atom. The molecule has 3 rings (SSSR count). The Morgan fingerprint density at radius 1 is 1.26 bits per heavy atom. The summed E-state index contributed by atoms with van der Waals surface area (Å²) >= 11 is 0. The first-order chi connectivity index (χ1) is 11.2. The second kappa shape index (κ2) is 6.90. The van der Waals surface area contributed by atoms with Crippen LogP contribution in [0.3, 0.4) is 0 Å². The lowest BCUT2D eigenvalue weighted by Crippen LogP contribution is -2.22. The van der Waals surface area contributed by atoms with E-state index in [1.165, 1.54) is 6.42 Å². The standard InChI is InChI=1S/C19H23NO3/c1-13-11-17(13)18-9-7-16(23-18)8-10-19(21)20-12-14-3-5-15(22-2)6-4-14/h3-7,9,13,17H,8,10-12H2,1-2H3,(H,20,21)/t13-,17+/m1/s1. The summed E-state index contributed by atoms with van der Waals surface area (Å²) in [5, 5.41) is 2.93. The van der Waals surface area contributed by atoms with Gasteiger partial charge in [0, 0.05) is 25.3 Å². The summed E-state index contributed by atoms with van der Waals surface area (Å²) < 4.78 is 10.9. The number of hydrogen-bond donors (Lipinski definition) is 1. The zero-order valence-electron chi connectivity index (χ0n) is 13.7. The fourth-order valence-corrected chi connectivity index (χ4v) is 2.72. The first-order valence-electron chi connectivity index (χ1n) is 8.14. The number of carbonyl (C=O) groups is 1. The van der Waals surface area contributed by atoms with Crippen molar-refractivity contribution in [3.63, 3.8) is 0 Å². The summed E-state index contributed by atoms with van der Waals surface area (Å²) in [6.07, 6.45) is 2.31. The lowest BCUT2D eigenvalue weighted by atomic mass is 10.2. The van der Waals surface area contributed by atoms with Crippen molar-refractivity contribution < 1.29 is 13.9 Å². The third-order valence-electron chi connectivity index (χ3n) is 4.40. The lowest BCUT2D eigenvalue weighted by molar-refractivity contribution is -0.121. The number of furan rings is 1. The summed E-state index contributed by atoms with van der Waals surface area (Å²) in [5.74, 6) is 4.16. The van der Waals surface area contributed by atoms with E-state index >= 15 is 0 Å². The van der Waals surface area contributed by atoms with Crippen LogP contribution in [0.5, 0.6) is 5.75 Å². The van der Waals surface area contributed by atoms with Crippen LogP contribution in [-0.2, 0) is 17.8 Å². The number of carbonyl (C=O) groups excluding carboxylic acids is 1. The van der Waals surface area contributed by atoms with E-state index in [0.29, 0.717) is 25.3 Å². The lowest BCUT2D eigenvalue weighted by Gasteiger charge is -2.06. The van der Waals surface area contributed by atoms with E-state index in [2.05, 4.69) is 18.3 Å². The molecule has 23 heavy (non-hydrogen) atoms. The van der Waals surface area contributed by atoms with Gasteiger partial charge in [-0.1, -0.05) is 19.1 Å². The molecule has 1 aliphatic rings. The quantitative estimate of drug-likeness (QED) is 0.848. The smallest absolute Gasteiger partial charge is 0.220 e. The number of benzene rings is 1. The Balaban J connectivity index is 1.41. The molecule has 0 radical (unpaired) electrons. The van der Waals surface area contributed by atoms with E-state index in [1.807, 2.05) is 30.3 Å². The van der Waals surface area contributed by atoms with Crippen molar-refractivity contribution in [2.75, 3.05) is 7.11 Å². The average molecular weight is 313 g/mol. The minimum absolute atomic E-state index is 0.0403. The number of aryl methyl sites for hydroxylation is 1. The topological polar surface area (TPSA) is 51.5 Å². The predicted octanol–water partition coefficient (Wildman–Crippen LogP) is 3.66. The van der Waals surface area contributed by atoms with E-state index < -0.39 is 0 Å². The van der Waals surface area contributed by atoms with E-state index in [9.17, 15) is 4.79 Å². The van der Waals surface area contributed by atoms with Gasteiger partial charge in [-0.25, -0.2) is 0 Å². The monoisotopic (exact) mass is 313 g/mol. The van der Waals surface area contributed by atoms with E-state index in [-0.39, 0.29) is 5.91 Å². The molecule has 0 spiro atoms. The fourth-order valence-electron chi connectivity index (χ4n) is 2.72. The summed E-state index contributed by atoms with van der Waals surface area (Å²) in [7, 11) is 1.64. The molecule has 4 heteroatoms. The fraction of sp³-hybridized carbons (Fsp3) is 0.421. The largest absolute Gasteiger partial charge is 0.497 e. The van der Waals surface area contributed by atoms with Gasteiger partial charge in [-0.3, -0.25) is 4.79 Å². The van der Waals surface area contributed by atoms with Gasteiger partial charge in [0.15, 0.2) is 0 Å². The van der Waals surface area contributed by atoms with Crippen LogP contribution in [0.15, 0.2) is 40.8 Å². The third kappa shape index (κ3) is 4.15. The Labute approximate surface area is 136 Å². The molecule has 1 fully saturated rings. The highest BCUT2D eigenvalue weighted by Crippen LogP contribution is 2.47. The minimum Gasteiger partial charge on any atom is -0.497 e. The zero-order valence-corrected chi connectivity index (χ0v) is 13.7. The number of nitrogens with one attached hydrogen (secondary N) is 1. The number of ether oxygens (including phenoxy) is 1. The van der Waals surface area contributed by atoms with Crippen LogP contribution in [0.25, 0.3) is 0 Å². The second-order valence-corrected chi connectivity index (χ2v) is 6.25. The average Bonchev–Trinajstić information content (AvgIpc) is 3.12. The molecule has 0 aliphatic heterocycles. The Hall–Kier alpha value is -2.23. The maximum atomic E-state index is 11.9. The molecule has 2 atom stereocenters. The van der Waals surface area contributed by atoms with Crippen molar-refractivity contribution in [1.29, 1.82) is 0 Å². The summed E-state index contributed by atoms with van der Waals surface area (Å²) in [5.41, 5.74) is 1.06. The third-order valence-corrected chi connectivity index (χ3v) is 4.40.